The number of rotatable bonds is 3. The number of alkyl halides is 3. The van der Waals surface area contributed by atoms with Gasteiger partial charge < -0.3 is 10.1 Å². The molecular weight excluding hydrogens is 391 g/mol. The maximum Gasteiger partial charge on any atom is 0.425 e. The van der Waals surface area contributed by atoms with E-state index >= 15 is 0 Å². The molecule has 2 unspecified atom stereocenters. The van der Waals surface area contributed by atoms with Crippen LogP contribution in [-0.4, -0.2) is 27.8 Å². The predicted molar refractivity (Wildman–Crippen MR) is 100 cm³/mol. The molecule has 1 aliphatic heterocycles. The second-order valence-corrected chi connectivity index (χ2v) is 7.29. The zero-order valence-corrected chi connectivity index (χ0v) is 15.8. The normalized spacial score (nSPS) is 18.0. The Bertz CT molecular complexity index is 1070. The number of ether oxygens (including phenoxy) is 1. The number of carbonyl (C=O) groups excluding carboxylic acids is 1. The predicted octanol–water partition coefficient (Wildman–Crippen LogP) is 4.88. The second kappa shape index (κ2) is 6.66. The number of halogens is 3. The van der Waals surface area contributed by atoms with Crippen molar-refractivity contribution >= 4 is 34.3 Å². The van der Waals surface area contributed by atoms with Crippen molar-refractivity contribution in [2.24, 2.45) is 0 Å². The Balaban J connectivity index is 1.84. The molecule has 28 heavy (non-hydrogen) atoms. The molecule has 1 aromatic carbocycles. The van der Waals surface area contributed by atoms with Crippen molar-refractivity contribution in [3.05, 3.63) is 57.9 Å². The Hall–Kier alpha value is -2.81. The lowest BCUT2D eigenvalue weighted by Crippen LogP contribution is -2.35. The Morgan fingerprint density at radius 2 is 2.07 bits per heavy atom. The number of nitrogens with one attached hydrogen (secondary N) is 1. The van der Waals surface area contributed by atoms with Gasteiger partial charge in [-0.25, -0.2) is 9.78 Å². The van der Waals surface area contributed by atoms with Gasteiger partial charge in [-0.1, -0.05) is 12.1 Å². The molecule has 1 N–H and O–H groups in total. The number of thiophene rings is 1. The number of para-hydroxylation sites is 2. The highest BCUT2D eigenvalue weighted by molar-refractivity contribution is 7.08. The summed E-state index contributed by atoms with van der Waals surface area (Å²) < 4.78 is 45.3. The molecular formula is C19H16F3N3O2S. The second-order valence-electron chi connectivity index (χ2n) is 6.51. The minimum atomic E-state index is -4.63. The first kappa shape index (κ1) is 18.5. The first-order valence-electron chi connectivity index (χ1n) is 8.52. The highest BCUT2D eigenvalue weighted by atomic mass is 32.1. The number of carbonyl (C=O) groups is 1. The summed E-state index contributed by atoms with van der Waals surface area (Å²) in [4.78, 5) is 17.3. The zero-order chi connectivity index (χ0) is 20.1. The Morgan fingerprint density at radius 1 is 1.32 bits per heavy atom. The summed E-state index contributed by atoms with van der Waals surface area (Å²) in [5.74, 6) is -0.482. The number of hydrogen-bond donors (Lipinski definition) is 1. The number of hydrogen-bond acceptors (Lipinski definition) is 5. The summed E-state index contributed by atoms with van der Waals surface area (Å²) in [7, 11) is 0. The Kier molecular flexibility index (Phi) is 4.41. The molecule has 4 rings (SSSR count). The third kappa shape index (κ3) is 3.05. The average molecular weight is 407 g/mol. The molecule has 0 spiro atoms. The number of fused-ring (bicyclic) bond motifs is 3. The van der Waals surface area contributed by atoms with Crippen LogP contribution in [0.3, 0.4) is 0 Å². The van der Waals surface area contributed by atoms with Crippen LogP contribution in [0.2, 0.25) is 0 Å². The van der Waals surface area contributed by atoms with E-state index in [2.05, 4.69) is 10.3 Å². The molecule has 0 saturated carbocycles. The van der Waals surface area contributed by atoms with Gasteiger partial charge in [0.05, 0.1) is 22.6 Å². The van der Waals surface area contributed by atoms with Crippen LogP contribution in [0, 0.1) is 0 Å². The van der Waals surface area contributed by atoms with E-state index in [9.17, 15) is 18.0 Å². The zero-order valence-electron chi connectivity index (χ0n) is 14.9. The summed E-state index contributed by atoms with van der Waals surface area (Å²) in [6.45, 7) is 2.46. The summed E-state index contributed by atoms with van der Waals surface area (Å²) >= 11 is 1.44. The monoisotopic (exact) mass is 407 g/mol. The van der Waals surface area contributed by atoms with Crippen LogP contribution in [0.4, 0.5) is 19.1 Å². The fraction of sp³-hybridized carbons (Fsp3) is 0.263. The van der Waals surface area contributed by atoms with Gasteiger partial charge in [0.1, 0.15) is 0 Å². The fourth-order valence-corrected chi connectivity index (χ4v) is 3.94. The molecule has 1 aliphatic rings. The third-order valence-corrected chi connectivity index (χ3v) is 5.36. The molecule has 0 saturated heterocycles. The number of esters is 1. The maximum absolute atomic E-state index is 12.9. The molecule has 5 nitrogen and oxygen atoms in total. The van der Waals surface area contributed by atoms with Crippen LogP contribution in [0.15, 0.2) is 52.4 Å². The maximum atomic E-state index is 12.9. The number of allylic oxidation sites excluding steroid dienone is 1. The van der Waals surface area contributed by atoms with E-state index in [-0.39, 0.29) is 5.57 Å². The summed E-state index contributed by atoms with van der Waals surface area (Å²) in [5.41, 5.74) is 2.81. The lowest BCUT2D eigenvalue weighted by atomic mass is 9.97. The largest absolute Gasteiger partial charge is 0.450 e. The average Bonchev–Trinajstić information content (AvgIpc) is 3.27. The quantitative estimate of drug-likeness (QED) is 0.629. The first-order chi connectivity index (χ1) is 13.3. The van der Waals surface area contributed by atoms with E-state index < -0.39 is 24.3 Å². The smallest absolute Gasteiger partial charge is 0.425 e. The van der Waals surface area contributed by atoms with Gasteiger partial charge in [0.2, 0.25) is 5.95 Å². The van der Waals surface area contributed by atoms with Crippen LogP contribution in [0.1, 0.15) is 25.5 Å². The van der Waals surface area contributed by atoms with E-state index in [1.807, 2.05) is 45.7 Å². The first-order valence-corrected chi connectivity index (χ1v) is 9.46. The van der Waals surface area contributed by atoms with Crippen molar-refractivity contribution in [2.45, 2.75) is 32.2 Å². The van der Waals surface area contributed by atoms with Crippen LogP contribution in [-0.2, 0) is 9.53 Å². The van der Waals surface area contributed by atoms with Crippen molar-refractivity contribution < 1.29 is 22.7 Å². The van der Waals surface area contributed by atoms with Crippen LogP contribution in [0.5, 0.6) is 0 Å². The SMILES string of the molecule is CC1=C(C(=O)OC(C)C(F)(F)F)C(c2ccsc2)n2c(nc3ccccc32)N1. The molecule has 0 fully saturated rings. The molecule has 9 heteroatoms. The van der Waals surface area contributed by atoms with Crippen LogP contribution < -0.4 is 5.32 Å². The van der Waals surface area contributed by atoms with Crippen molar-refractivity contribution in [3.8, 4) is 0 Å². The number of imidazole rings is 1. The van der Waals surface area contributed by atoms with E-state index in [4.69, 9.17) is 4.74 Å². The van der Waals surface area contributed by atoms with E-state index in [1.165, 1.54) is 11.3 Å². The van der Waals surface area contributed by atoms with Gasteiger partial charge in [0.15, 0.2) is 6.10 Å². The van der Waals surface area contributed by atoms with Gasteiger partial charge in [-0.05, 0) is 48.4 Å². The van der Waals surface area contributed by atoms with Gasteiger partial charge in [-0.3, -0.25) is 4.57 Å². The fourth-order valence-electron chi connectivity index (χ4n) is 3.27. The third-order valence-electron chi connectivity index (χ3n) is 4.65. The molecule has 3 aromatic rings. The molecule has 3 heterocycles. The highest BCUT2D eigenvalue weighted by Crippen LogP contribution is 2.40. The molecule has 2 aromatic heterocycles. The van der Waals surface area contributed by atoms with Gasteiger partial charge in [-0.2, -0.15) is 24.5 Å². The van der Waals surface area contributed by atoms with E-state index in [0.29, 0.717) is 11.6 Å². The van der Waals surface area contributed by atoms with Crippen LogP contribution in [0.25, 0.3) is 11.0 Å². The molecule has 0 aliphatic carbocycles. The standard InChI is InChI=1S/C19H16F3N3O2S/c1-10-15(17(26)27-11(2)19(20,21)22)16(12-7-8-28-9-12)25-14-6-4-3-5-13(14)24-18(25)23-10/h3-9,11,16H,1-2H3,(H,23,24). The molecule has 0 bridgehead atoms. The Morgan fingerprint density at radius 3 is 2.75 bits per heavy atom. The minimum absolute atomic E-state index is 0.130. The number of aromatic nitrogens is 2. The van der Waals surface area contributed by atoms with Gasteiger partial charge in [-0.15, -0.1) is 0 Å². The number of nitrogens with zero attached hydrogens (tertiary/aromatic N) is 2. The molecule has 0 amide bonds. The topological polar surface area (TPSA) is 56.2 Å². The molecule has 146 valence electrons. The summed E-state index contributed by atoms with van der Waals surface area (Å²) in [6, 6.07) is 8.59. The molecule has 2 atom stereocenters. The van der Waals surface area contributed by atoms with Gasteiger partial charge >= 0.3 is 12.1 Å². The highest BCUT2D eigenvalue weighted by Gasteiger charge is 2.42. The lowest BCUT2D eigenvalue weighted by molar-refractivity contribution is -0.214. The van der Waals surface area contributed by atoms with Crippen molar-refractivity contribution in [1.82, 2.24) is 9.55 Å². The van der Waals surface area contributed by atoms with Crippen LogP contribution >= 0.6 is 11.3 Å². The number of benzene rings is 1. The van der Waals surface area contributed by atoms with Crippen molar-refractivity contribution in [1.29, 1.82) is 0 Å². The van der Waals surface area contributed by atoms with E-state index in [1.54, 1.807) is 6.92 Å². The Labute approximate surface area is 162 Å². The van der Waals surface area contributed by atoms with Crippen molar-refractivity contribution in [2.75, 3.05) is 5.32 Å². The molecule has 0 radical (unpaired) electrons. The minimum Gasteiger partial charge on any atom is -0.450 e. The van der Waals surface area contributed by atoms with E-state index in [0.717, 1.165) is 23.5 Å². The van der Waals surface area contributed by atoms with Gasteiger partial charge in [0, 0.05) is 5.70 Å². The van der Waals surface area contributed by atoms with Gasteiger partial charge in [0.25, 0.3) is 0 Å². The van der Waals surface area contributed by atoms with Crippen molar-refractivity contribution in [3.63, 3.8) is 0 Å². The number of anilines is 1. The summed E-state index contributed by atoms with van der Waals surface area (Å²) in [5, 5.41) is 6.75. The summed E-state index contributed by atoms with van der Waals surface area (Å²) in [6.07, 6.45) is -6.83. The lowest BCUT2D eigenvalue weighted by Gasteiger charge is -2.30.